The monoisotopic (exact) mass is 393 g/mol. The maximum atomic E-state index is 12.3. The molecule has 1 unspecified atom stereocenters. The summed E-state index contributed by atoms with van der Waals surface area (Å²) in [5.74, 6) is -0.567. The zero-order valence-corrected chi connectivity index (χ0v) is 14.4. The fourth-order valence-corrected chi connectivity index (χ4v) is 3.73. The minimum absolute atomic E-state index is 0.0886. The van der Waals surface area contributed by atoms with Gasteiger partial charge in [-0.1, -0.05) is 0 Å². The van der Waals surface area contributed by atoms with Crippen molar-refractivity contribution in [2.75, 3.05) is 19.6 Å². The number of primary amides is 1. The molecule has 3 saturated heterocycles. The second-order valence-corrected chi connectivity index (χ2v) is 7.29. The van der Waals surface area contributed by atoms with E-state index in [1.807, 2.05) is 0 Å². The quantitative estimate of drug-likeness (QED) is 0.362. The van der Waals surface area contributed by atoms with Crippen molar-refractivity contribution in [3.05, 3.63) is 0 Å². The Labute approximate surface area is 148 Å². The first-order chi connectivity index (χ1) is 12.2. The van der Waals surface area contributed by atoms with E-state index in [-0.39, 0.29) is 19.5 Å². The molecule has 3 rings (SSSR count). The predicted molar refractivity (Wildman–Crippen MR) is 82.2 cm³/mol. The van der Waals surface area contributed by atoms with Crippen LogP contribution in [-0.4, -0.2) is 83.6 Å². The van der Waals surface area contributed by atoms with Gasteiger partial charge in [0.15, 0.2) is 0 Å². The number of carbonyl (C=O) groups excluding carboxylic acids is 3. The van der Waals surface area contributed by atoms with E-state index in [4.69, 9.17) is 15.1 Å². The molecule has 3 aliphatic rings. The van der Waals surface area contributed by atoms with Crippen molar-refractivity contribution < 1.29 is 36.5 Å². The number of piperidine rings is 1. The van der Waals surface area contributed by atoms with Gasteiger partial charge in [0.2, 0.25) is 0 Å². The third-order valence-corrected chi connectivity index (χ3v) is 4.93. The Bertz CT molecular complexity index is 714. The van der Waals surface area contributed by atoms with E-state index in [0.717, 1.165) is 4.90 Å². The number of urea groups is 2. The molecule has 4 N–H and O–H groups in total. The first-order valence-electron chi connectivity index (χ1n) is 7.92. The summed E-state index contributed by atoms with van der Waals surface area (Å²) in [5.41, 5.74) is 7.45. The van der Waals surface area contributed by atoms with E-state index in [0.29, 0.717) is 24.4 Å². The van der Waals surface area contributed by atoms with Gasteiger partial charge in [0.25, 0.3) is 5.91 Å². The van der Waals surface area contributed by atoms with Gasteiger partial charge in [-0.25, -0.2) is 15.1 Å². The number of nitrogens with one attached hydrogen (secondary N) is 1. The smallest absolute Gasteiger partial charge is 0.351 e. The topological polar surface area (TPSA) is 172 Å². The van der Waals surface area contributed by atoms with E-state index in [1.165, 1.54) is 4.90 Å². The van der Waals surface area contributed by atoms with Crippen LogP contribution in [0.4, 0.5) is 9.59 Å². The molecule has 13 nitrogen and oxygen atoms in total. The first-order valence-corrected chi connectivity index (χ1v) is 9.29. The van der Waals surface area contributed by atoms with Crippen LogP contribution in [0.2, 0.25) is 0 Å². The minimum atomic E-state index is -4.84. The number of nitrogens with zero attached hydrogens (tertiary/aromatic N) is 3. The molecule has 0 aromatic heterocycles. The molecular formula is C12H19N5O8S. The predicted octanol–water partition coefficient (Wildman–Crippen LogP) is -1.81. The molecule has 146 valence electrons. The molecule has 0 spiro atoms. The number of likely N-dealkylation sites (tertiary alicyclic amines) is 1. The van der Waals surface area contributed by atoms with Gasteiger partial charge in [0.1, 0.15) is 12.1 Å². The van der Waals surface area contributed by atoms with E-state index in [2.05, 4.69) is 9.76 Å². The standard InChI is InChI=1S/C12H19N5O8S/c13-11(19)15-4-3-8(6-15)24-14-10(18)9-2-1-7-5-16(9)12(20)17(7)25-26(21,22)23/h7-9H,1-6H2,(H2,13,19)(H,14,18)(H,21,22,23)/t7-,8?,9+/m1/s1. The number of fused-ring (bicyclic) bond motifs is 2. The maximum Gasteiger partial charge on any atom is 0.418 e. The van der Waals surface area contributed by atoms with Crippen LogP contribution in [0.1, 0.15) is 19.3 Å². The maximum absolute atomic E-state index is 12.3. The molecule has 0 aromatic rings. The zero-order chi connectivity index (χ0) is 19.1. The molecule has 0 aromatic carbocycles. The van der Waals surface area contributed by atoms with Crippen molar-refractivity contribution in [2.24, 2.45) is 5.73 Å². The van der Waals surface area contributed by atoms with Crippen molar-refractivity contribution in [3.63, 3.8) is 0 Å². The molecule has 0 saturated carbocycles. The van der Waals surface area contributed by atoms with Crippen LogP contribution in [0.3, 0.4) is 0 Å². The van der Waals surface area contributed by atoms with E-state index in [1.54, 1.807) is 0 Å². The summed E-state index contributed by atoms with van der Waals surface area (Å²) in [5, 5.41) is 0.561. The third-order valence-electron chi connectivity index (χ3n) is 4.58. The van der Waals surface area contributed by atoms with Gasteiger partial charge in [-0.15, -0.1) is 4.28 Å². The van der Waals surface area contributed by atoms with E-state index < -0.39 is 46.6 Å². The van der Waals surface area contributed by atoms with E-state index in [9.17, 15) is 22.8 Å². The summed E-state index contributed by atoms with van der Waals surface area (Å²) in [7, 11) is -4.84. The molecule has 5 amide bonds. The molecule has 14 heteroatoms. The lowest BCUT2D eigenvalue weighted by molar-refractivity contribution is -0.143. The van der Waals surface area contributed by atoms with Gasteiger partial charge in [-0.2, -0.15) is 13.5 Å². The van der Waals surface area contributed by atoms with Gasteiger partial charge in [0.05, 0.1) is 12.6 Å². The Morgan fingerprint density at radius 3 is 2.58 bits per heavy atom. The van der Waals surface area contributed by atoms with Crippen LogP contribution < -0.4 is 11.2 Å². The fraction of sp³-hybridized carbons (Fsp3) is 0.750. The number of carbonyl (C=O) groups is 3. The summed E-state index contributed by atoms with van der Waals surface area (Å²) < 4.78 is 34.7. The normalized spacial score (nSPS) is 28.6. The Balaban J connectivity index is 1.55. The second-order valence-electron chi connectivity index (χ2n) is 6.29. The number of hydrogen-bond donors (Lipinski definition) is 3. The second kappa shape index (κ2) is 6.86. The van der Waals surface area contributed by atoms with Crippen molar-refractivity contribution in [3.8, 4) is 0 Å². The average molecular weight is 393 g/mol. The molecule has 3 aliphatic heterocycles. The van der Waals surface area contributed by atoms with Gasteiger partial charge in [-0.3, -0.25) is 14.2 Å². The average Bonchev–Trinajstić information content (AvgIpc) is 3.12. The van der Waals surface area contributed by atoms with Crippen molar-refractivity contribution >= 4 is 28.4 Å². The van der Waals surface area contributed by atoms with Crippen LogP contribution in [-0.2, 0) is 24.3 Å². The van der Waals surface area contributed by atoms with Crippen LogP contribution >= 0.6 is 0 Å². The number of hydrogen-bond acceptors (Lipinski definition) is 7. The van der Waals surface area contributed by atoms with E-state index >= 15 is 0 Å². The Kier molecular flexibility index (Phi) is 4.92. The van der Waals surface area contributed by atoms with Crippen molar-refractivity contribution in [1.82, 2.24) is 20.3 Å². The highest BCUT2D eigenvalue weighted by Crippen LogP contribution is 2.30. The van der Waals surface area contributed by atoms with Gasteiger partial charge >= 0.3 is 22.5 Å². The number of hydroxylamine groups is 3. The van der Waals surface area contributed by atoms with Gasteiger partial charge in [-0.05, 0) is 19.3 Å². The summed E-state index contributed by atoms with van der Waals surface area (Å²) in [4.78, 5) is 43.5. The van der Waals surface area contributed by atoms with Gasteiger partial charge in [0, 0.05) is 13.1 Å². The van der Waals surface area contributed by atoms with Crippen molar-refractivity contribution in [1.29, 1.82) is 0 Å². The van der Waals surface area contributed by atoms with Crippen LogP contribution in [0.15, 0.2) is 0 Å². The molecule has 3 fully saturated rings. The summed E-state index contributed by atoms with van der Waals surface area (Å²) in [6.07, 6.45) is 0.689. The fourth-order valence-electron chi connectivity index (χ4n) is 3.34. The molecule has 26 heavy (non-hydrogen) atoms. The SMILES string of the molecule is NC(=O)N1CCC(ONC(=O)[C@@H]2CC[C@@H]3CN2C(=O)N3OS(=O)(=O)O)C1. The van der Waals surface area contributed by atoms with Crippen molar-refractivity contribution in [2.45, 2.75) is 37.5 Å². The molecule has 3 atom stereocenters. The number of nitrogens with two attached hydrogens (primary N) is 1. The lowest BCUT2D eigenvalue weighted by atomic mass is 10.0. The minimum Gasteiger partial charge on any atom is -0.351 e. The Morgan fingerprint density at radius 2 is 1.96 bits per heavy atom. The lowest BCUT2D eigenvalue weighted by Gasteiger charge is -2.29. The number of rotatable bonds is 5. The largest absolute Gasteiger partial charge is 0.418 e. The molecule has 3 heterocycles. The third kappa shape index (κ3) is 3.82. The zero-order valence-electron chi connectivity index (χ0n) is 13.6. The van der Waals surface area contributed by atoms with Crippen LogP contribution in [0, 0.1) is 0 Å². The summed E-state index contributed by atoms with van der Waals surface area (Å²) in [6, 6.07) is -2.83. The van der Waals surface area contributed by atoms with Crippen LogP contribution in [0.5, 0.6) is 0 Å². The molecule has 0 aliphatic carbocycles. The molecule has 2 bridgehead atoms. The Hall–Kier alpha value is -2.16. The van der Waals surface area contributed by atoms with Gasteiger partial charge < -0.3 is 15.5 Å². The molecule has 0 radical (unpaired) electrons. The molecular weight excluding hydrogens is 374 g/mol. The highest BCUT2D eigenvalue weighted by atomic mass is 32.3. The Morgan fingerprint density at radius 1 is 1.23 bits per heavy atom. The number of amides is 5. The highest BCUT2D eigenvalue weighted by Gasteiger charge is 2.49. The van der Waals surface area contributed by atoms with Crippen LogP contribution in [0.25, 0.3) is 0 Å². The first kappa shape index (κ1) is 18.6. The lowest BCUT2D eigenvalue weighted by Crippen LogP contribution is -2.50. The summed E-state index contributed by atoms with van der Waals surface area (Å²) >= 11 is 0. The summed E-state index contributed by atoms with van der Waals surface area (Å²) in [6.45, 7) is 0.764. The highest BCUT2D eigenvalue weighted by molar-refractivity contribution is 7.80.